The average molecular weight is 1450 g/mol. The molecule has 17 nitrogen and oxygen atoms in total. The maximum atomic E-state index is 13.1. The highest BCUT2D eigenvalue weighted by atomic mass is 31.2. The number of carbonyl (C=O) groups is 4. The Morgan fingerprint density at radius 1 is 0.293 bits per heavy atom. The lowest BCUT2D eigenvalue weighted by Crippen LogP contribution is -2.30. The van der Waals surface area contributed by atoms with Gasteiger partial charge in [0.05, 0.1) is 26.4 Å². The van der Waals surface area contributed by atoms with Gasteiger partial charge in [0.1, 0.15) is 19.3 Å². The fourth-order valence-electron chi connectivity index (χ4n) is 12.3. The van der Waals surface area contributed by atoms with Crippen LogP contribution in [0.5, 0.6) is 0 Å². The highest BCUT2D eigenvalue weighted by molar-refractivity contribution is 7.47. The van der Waals surface area contributed by atoms with E-state index >= 15 is 0 Å². The van der Waals surface area contributed by atoms with Crippen molar-refractivity contribution in [3.8, 4) is 0 Å². The fourth-order valence-corrected chi connectivity index (χ4v) is 13.9. The first-order chi connectivity index (χ1) is 47.9. The molecule has 0 spiro atoms. The summed E-state index contributed by atoms with van der Waals surface area (Å²) in [6.07, 6.45) is 60.8. The van der Waals surface area contributed by atoms with Gasteiger partial charge in [-0.2, -0.15) is 0 Å². The number of phosphoric ester groups is 2. The number of aliphatic hydroxyl groups is 1. The van der Waals surface area contributed by atoms with Crippen LogP contribution < -0.4 is 0 Å². The van der Waals surface area contributed by atoms with Crippen LogP contribution in [-0.4, -0.2) is 96.7 Å². The highest BCUT2D eigenvalue weighted by Gasteiger charge is 2.30. The lowest BCUT2D eigenvalue weighted by atomic mass is 9.99. The number of carbonyl (C=O) groups excluding carboxylic acids is 4. The van der Waals surface area contributed by atoms with E-state index in [2.05, 4.69) is 41.5 Å². The molecule has 0 rings (SSSR count). The quantitative estimate of drug-likeness (QED) is 0.0222. The third kappa shape index (κ3) is 72.8. The summed E-state index contributed by atoms with van der Waals surface area (Å²) in [5.74, 6) is -0.518. The minimum absolute atomic E-state index is 0.107. The number of rotatable bonds is 79. The second kappa shape index (κ2) is 71.7. The van der Waals surface area contributed by atoms with Gasteiger partial charge in [0.15, 0.2) is 12.2 Å². The number of esters is 4. The molecule has 3 unspecified atom stereocenters. The van der Waals surface area contributed by atoms with Crippen LogP contribution in [0.25, 0.3) is 0 Å². The molecule has 99 heavy (non-hydrogen) atoms. The standard InChI is InChI=1S/C80H156O17P2/c1-7-10-12-14-16-18-20-22-23-24-28-32-39-45-51-57-63-78(83)91-68-75(96-79(84)64-58-52-46-40-33-29-25-27-30-36-42-48-54-60-72(4)5)70-94-98(86,87)92-66-74(81)67-93-99(88,89)95-71-76(69-90-77(82)62-56-50-44-38-31-26-21-19-17-15-13-11-8-2)97-80(85)65-59-53-47-41-35-34-37-43-49-55-61-73(6)9-3/h72-76,81H,7-71H2,1-6H3,(H,86,87)(H,88,89)/t73?,74-,75-,76-/m1/s1. The van der Waals surface area contributed by atoms with E-state index in [4.69, 9.17) is 37.0 Å². The lowest BCUT2D eigenvalue weighted by Gasteiger charge is -2.21. The minimum Gasteiger partial charge on any atom is -0.462 e. The van der Waals surface area contributed by atoms with Crippen LogP contribution in [0.15, 0.2) is 0 Å². The molecule has 0 heterocycles. The van der Waals surface area contributed by atoms with Crippen molar-refractivity contribution in [3.05, 3.63) is 0 Å². The van der Waals surface area contributed by atoms with E-state index in [9.17, 15) is 43.2 Å². The Bertz CT molecular complexity index is 1910. The van der Waals surface area contributed by atoms with Crippen molar-refractivity contribution < 1.29 is 80.2 Å². The lowest BCUT2D eigenvalue weighted by molar-refractivity contribution is -0.161. The van der Waals surface area contributed by atoms with Crippen molar-refractivity contribution >= 4 is 39.5 Å². The normalized spacial score (nSPS) is 14.2. The maximum absolute atomic E-state index is 13.1. The molecular formula is C80H156O17P2. The van der Waals surface area contributed by atoms with E-state index in [0.717, 1.165) is 102 Å². The predicted octanol–water partition coefficient (Wildman–Crippen LogP) is 23.9. The summed E-state index contributed by atoms with van der Waals surface area (Å²) in [5, 5.41) is 10.6. The molecule has 0 aromatic carbocycles. The Kier molecular flexibility index (Phi) is 70.3. The SMILES string of the molecule is CCCCCCCCCCCCCCCCCCC(=O)OC[C@H](COP(=O)(O)OC[C@@H](O)COP(=O)(O)OC[C@@H](COC(=O)CCCCCCCCCCCCCCC)OC(=O)CCCCCCCCCCCCC(C)CC)OC(=O)CCCCCCCCCCCCCCCC(C)C. The number of unbranched alkanes of at least 4 members (excludes halogenated alkanes) is 48. The van der Waals surface area contributed by atoms with Gasteiger partial charge in [-0.3, -0.25) is 37.3 Å². The van der Waals surface area contributed by atoms with Crippen LogP contribution in [-0.2, 0) is 65.4 Å². The van der Waals surface area contributed by atoms with Gasteiger partial charge in [-0.25, -0.2) is 9.13 Å². The molecule has 0 aliphatic heterocycles. The first kappa shape index (κ1) is 97.1. The summed E-state index contributed by atoms with van der Waals surface area (Å²) < 4.78 is 68.7. The molecule has 0 fully saturated rings. The molecule has 0 amide bonds. The monoisotopic (exact) mass is 1450 g/mol. The summed E-state index contributed by atoms with van der Waals surface area (Å²) in [5.41, 5.74) is 0. The maximum Gasteiger partial charge on any atom is 0.472 e. The van der Waals surface area contributed by atoms with Gasteiger partial charge in [0.25, 0.3) is 0 Å². The zero-order valence-corrected chi connectivity index (χ0v) is 66.6. The molecule has 588 valence electrons. The molecule has 0 aliphatic carbocycles. The van der Waals surface area contributed by atoms with Gasteiger partial charge in [0.2, 0.25) is 0 Å². The second-order valence-corrected chi connectivity index (χ2v) is 32.4. The first-order valence-electron chi connectivity index (χ1n) is 41.5. The van der Waals surface area contributed by atoms with Crippen molar-refractivity contribution in [3.63, 3.8) is 0 Å². The molecular weight excluding hydrogens is 1290 g/mol. The van der Waals surface area contributed by atoms with Crippen LogP contribution in [0.1, 0.15) is 420 Å². The number of aliphatic hydroxyl groups excluding tert-OH is 1. The minimum atomic E-state index is -4.96. The molecule has 3 N–H and O–H groups in total. The van der Waals surface area contributed by atoms with E-state index in [1.807, 2.05) is 0 Å². The zero-order chi connectivity index (χ0) is 72.8. The van der Waals surface area contributed by atoms with Crippen LogP contribution in [0.2, 0.25) is 0 Å². The zero-order valence-electron chi connectivity index (χ0n) is 64.8. The van der Waals surface area contributed by atoms with E-state index in [1.165, 1.54) is 238 Å². The Hall–Kier alpha value is -1.94. The number of hydrogen-bond donors (Lipinski definition) is 3. The highest BCUT2D eigenvalue weighted by Crippen LogP contribution is 2.45. The Balaban J connectivity index is 5.27. The number of hydrogen-bond acceptors (Lipinski definition) is 15. The summed E-state index contributed by atoms with van der Waals surface area (Å²) in [6.45, 7) is 9.68. The van der Waals surface area contributed by atoms with Crippen LogP contribution >= 0.6 is 15.6 Å². The molecule has 6 atom stereocenters. The largest absolute Gasteiger partial charge is 0.472 e. The van der Waals surface area contributed by atoms with E-state index in [-0.39, 0.29) is 25.7 Å². The molecule has 0 aromatic heterocycles. The van der Waals surface area contributed by atoms with Gasteiger partial charge in [-0.1, -0.05) is 369 Å². The van der Waals surface area contributed by atoms with Gasteiger partial charge in [-0.05, 0) is 37.5 Å². The van der Waals surface area contributed by atoms with E-state index < -0.39 is 97.5 Å². The predicted molar refractivity (Wildman–Crippen MR) is 405 cm³/mol. The summed E-state index contributed by atoms with van der Waals surface area (Å²) in [4.78, 5) is 73.0. The first-order valence-corrected chi connectivity index (χ1v) is 44.5. The van der Waals surface area contributed by atoms with E-state index in [0.29, 0.717) is 25.7 Å². The topological polar surface area (TPSA) is 237 Å². The fraction of sp³-hybridized carbons (Fsp3) is 0.950. The van der Waals surface area contributed by atoms with Gasteiger partial charge in [0, 0.05) is 25.7 Å². The van der Waals surface area contributed by atoms with Gasteiger partial charge < -0.3 is 33.8 Å². The molecule has 0 saturated carbocycles. The Morgan fingerprint density at radius 3 is 0.768 bits per heavy atom. The van der Waals surface area contributed by atoms with Crippen molar-refractivity contribution in [2.45, 2.75) is 439 Å². The van der Waals surface area contributed by atoms with Crippen molar-refractivity contribution in [2.75, 3.05) is 39.6 Å². The van der Waals surface area contributed by atoms with Crippen LogP contribution in [0.3, 0.4) is 0 Å². The molecule has 0 bridgehead atoms. The summed E-state index contributed by atoms with van der Waals surface area (Å²) in [7, 11) is -9.92. The van der Waals surface area contributed by atoms with Gasteiger partial charge in [-0.15, -0.1) is 0 Å². The summed E-state index contributed by atoms with van der Waals surface area (Å²) >= 11 is 0. The van der Waals surface area contributed by atoms with Crippen LogP contribution in [0.4, 0.5) is 0 Å². The Labute approximate surface area is 607 Å². The number of ether oxygens (including phenoxy) is 4. The molecule has 19 heteroatoms. The molecule has 0 radical (unpaired) electrons. The van der Waals surface area contributed by atoms with Crippen LogP contribution in [0, 0.1) is 11.8 Å². The number of phosphoric acid groups is 2. The second-order valence-electron chi connectivity index (χ2n) is 29.5. The van der Waals surface area contributed by atoms with E-state index in [1.54, 1.807) is 0 Å². The molecule has 0 saturated heterocycles. The average Bonchev–Trinajstić information content (AvgIpc) is 1.47. The Morgan fingerprint density at radius 2 is 0.515 bits per heavy atom. The third-order valence-electron chi connectivity index (χ3n) is 19.1. The molecule has 0 aromatic rings. The van der Waals surface area contributed by atoms with Crippen molar-refractivity contribution in [1.82, 2.24) is 0 Å². The smallest absolute Gasteiger partial charge is 0.462 e. The summed E-state index contributed by atoms with van der Waals surface area (Å²) in [6, 6.07) is 0. The van der Waals surface area contributed by atoms with Crippen molar-refractivity contribution in [1.29, 1.82) is 0 Å². The van der Waals surface area contributed by atoms with Gasteiger partial charge >= 0.3 is 39.5 Å². The third-order valence-corrected chi connectivity index (χ3v) is 21.0. The van der Waals surface area contributed by atoms with Crippen molar-refractivity contribution in [2.24, 2.45) is 11.8 Å². The molecule has 0 aliphatic rings.